The molecule has 1 atom stereocenters. The van der Waals surface area contributed by atoms with E-state index >= 15 is 0 Å². The lowest BCUT2D eigenvalue weighted by atomic mass is 10.1. The van der Waals surface area contributed by atoms with Gasteiger partial charge < -0.3 is 10.7 Å². The molecule has 1 aliphatic rings. The van der Waals surface area contributed by atoms with Crippen LogP contribution in [0.3, 0.4) is 0 Å². The number of rotatable bonds is 0. The van der Waals surface area contributed by atoms with Crippen molar-refractivity contribution in [2.24, 2.45) is 5.73 Å². The van der Waals surface area contributed by atoms with Gasteiger partial charge in [-0.1, -0.05) is 6.42 Å². The van der Waals surface area contributed by atoms with Gasteiger partial charge in [0.05, 0.1) is 0 Å². The van der Waals surface area contributed by atoms with Crippen molar-refractivity contribution in [3.63, 3.8) is 0 Å². The molecule has 2 rings (SSSR count). The van der Waals surface area contributed by atoms with Gasteiger partial charge in [0.2, 0.25) is 0 Å². The van der Waals surface area contributed by atoms with Crippen molar-refractivity contribution in [2.75, 3.05) is 0 Å². The van der Waals surface area contributed by atoms with Gasteiger partial charge in [-0.05, 0) is 30.4 Å². The zero-order valence-electron chi connectivity index (χ0n) is 6.64. The van der Waals surface area contributed by atoms with Crippen LogP contribution < -0.4 is 5.73 Å². The molecule has 0 bridgehead atoms. The molecular weight excluding hydrogens is 136 g/mol. The van der Waals surface area contributed by atoms with Gasteiger partial charge in [0.15, 0.2) is 0 Å². The van der Waals surface area contributed by atoms with Crippen LogP contribution in [-0.2, 0) is 6.42 Å². The Morgan fingerprint density at radius 3 is 3.18 bits per heavy atom. The van der Waals surface area contributed by atoms with E-state index < -0.39 is 0 Å². The fourth-order valence-electron chi connectivity index (χ4n) is 1.80. The van der Waals surface area contributed by atoms with Crippen LogP contribution in [0.1, 0.15) is 36.4 Å². The number of hydrogen-bond acceptors (Lipinski definition) is 1. The highest BCUT2D eigenvalue weighted by Gasteiger charge is 2.14. The van der Waals surface area contributed by atoms with Gasteiger partial charge in [-0.25, -0.2) is 0 Å². The van der Waals surface area contributed by atoms with Gasteiger partial charge in [0.25, 0.3) is 0 Å². The molecule has 60 valence electrons. The SMILES string of the molecule is NC1CCCCc2c[nH]cc21. The Morgan fingerprint density at radius 2 is 2.27 bits per heavy atom. The second-order valence-corrected chi connectivity index (χ2v) is 3.29. The normalized spacial score (nSPS) is 24.3. The van der Waals surface area contributed by atoms with Crippen LogP contribution in [0.15, 0.2) is 12.4 Å². The molecule has 0 saturated carbocycles. The predicted octanol–water partition coefficient (Wildman–Crippen LogP) is 1.74. The van der Waals surface area contributed by atoms with Crippen LogP contribution in [0.2, 0.25) is 0 Å². The molecule has 0 aliphatic heterocycles. The first-order valence-corrected chi connectivity index (χ1v) is 4.29. The van der Waals surface area contributed by atoms with E-state index in [1.54, 1.807) is 0 Å². The zero-order valence-corrected chi connectivity index (χ0v) is 6.64. The van der Waals surface area contributed by atoms with E-state index in [0.29, 0.717) is 0 Å². The summed E-state index contributed by atoms with van der Waals surface area (Å²) >= 11 is 0. The Morgan fingerprint density at radius 1 is 1.36 bits per heavy atom. The molecule has 0 fully saturated rings. The predicted molar refractivity (Wildman–Crippen MR) is 45.3 cm³/mol. The minimum atomic E-state index is 0.277. The molecule has 1 aromatic rings. The summed E-state index contributed by atoms with van der Waals surface area (Å²) < 4.78 is 0. The smallest absolute Gasteiger partial charge is 0.0312 e. The average Bonchev–Trinajstić information content (AvgIpc) is 2.40. The Kier molecular flexibility index (Phi) is 1.70. The molecule has 3 N–H and O–H groups in total. The number of aromatic nitrogens is 1. The second-order valence-electron chi connectivity index (χ2n) is 3.29. The molecule has 0 radical (unpaired) electrons. The van der Waals surface area contributed by atoms with E-state index in [1.165, 1.54) is 30.4 Å². The average molecular weight is 150 g/mol. The fraction of sp³-hybridized carbons (Fsp3) is 0.556. The number of H-pyrrole nitrogens is 1. The second kappa shape index (κ2) is 2.70. The maximum absolute atomic E-state index is 5.97. The van der Waals surface area contributed by atoms with E-state index in [2.05, 4.69) is 11.2 Å². The molecule has 0 aromatic carbocycles. The highest BCUT2D eigenvalue weighted by Crippen LogP contribution is 2.25. The highest BCUT2D eigenvalue weighted by molar-refractivity contribution is 5.27. The minimum absolute atomic E-state index is 0.277. The van der Waals surface area contributed by atoms with E-state index in [0.717, 1.165) is 6.42 Å². The lowest BCUT2D eigenvalue weighted by Crippen LogP contribution is -2.08. The molecule has 2 nitrogen and oxygen atoms in total. The summed E-state index contributed by atoms with van der Waals surface area (Å²) in [7, 11) is 0. The van der Waals surface area contributed by atoms with Crippen LogP contribution in [0.4, 0.5) is 0 Å². The first-order chi connectivity index (χ1) is 5.38. The molecule has 1 unspecified atom stereocenters. The monoisotopic (exact) mass is 150 g/mol. The van der Waals surface area contributed by atoms with Crippen molar-refractivity contribution in [3.8, 4) is 0 Å². The number of nitrogens with two attached hydrogens (primary N) is 1. The van der Waals surface area contributed by atoms with Gasteiger partial charge in [-0.2, -0.15) is 0 Å². The zero-order chi connectivity index (χ0) is 7.68. The topological polar surface area (TPSA) is 41.8 Å². The van der Waals surface area contributed by atoms with Crippen molar-refractivity contribution in [2.45, 2.75) is 31.7 Å². The van der Waals surface area contributed by atoms with Gasteiger partial charge in [-0.15, -0.1) is 0 Å². The molecule has 11 heavy (non-hydrogen) atoms. The number of aryl methyl sites for hydroxylation is 1. The van der Waals surface area contributed by atoms with Crippen molar-refractivity contribution in [3.05, 3.63) is 23.5 Å². The molecule has 0 saturated heterocycles. The standard InChI is InChI=1S/C9H14N2/c10-9-4-2-1-3-7-5-11-6-8(7)9/h5-6,9,11H,1-4,10H2. The van der Waals surface area contributed by atoms with E-state index in [1.807, 2.05) is 6.20 Å². The quantitative estimate of drug-likeness (QED) is 0.543. The first-order valence-electron chi connectivity index (χ1n) is 4.29. The number of fused-ring (bicyclic) bond motifs is 1. The van der Waals surface area contributed by atoms with Crippen LogP contribution in [0, 0.1) is 0 Å². The van der Waals surface area contributed by atoms with Crippen LogP contribution in [0.5, 0.6) is 0 Å². The van der Waals surface area contributed by atoms with Crippen molar-refractivity contribution >= 4 is 0 Å². The van der Waals surface area contributed by atoms with E-state index in [4.69, 9.17) is 5.73 Å². The lowest BCUT2D eigenvalue weighted by molar-refractivity contribution is 0.614. The molecule has 2 heteroatoms. The maximum atomic E-state index is 5.97. The Bertz CT molecular complexity index is 239. The van der Waals surface area contributed by atoms with Gasteiger partial charge in [0.1, 0.15) is 0 Å². The summed E-state index contributed by atoms with van der Waals surface area (Å²) in [6, 6.07) is 0.277. The summed E-state index contributed by atoms with van der Waals surface area (Å²) in [5.74, 6) is 0. The summed E-state index contributed by atoms with van der Waals surface area (Å²) in [6.45, 7) is 0. The van der Waals surface area contributed by atoms with E-state index in [-0.39, 0.29) is 6.04 Å². The maximum Gasteiger partial charge on any atom is 0.0312 e. The molecule has 0 amide bonds. The first kappa shape index (κ1) is 6.92. The van der Waals surface area contributed by atoms with Gasteiger partial charge >= 0.3 is 0 Å². The fourth-order valence-corrected chi connectivity index (χ4v) is 1.80. The molecule has 0 spiro atoms. The third kappa shape index (κ3) is 1.18. The molecule has 1 aliphatic carbocycles. The third-order valence-corrected chi connectivity index (χ3v) is 2.48. The largest absolute Gasteiger partial charge is 0.367 e. The summed E-state index contributed by atoms with van der Waals surface area (Å²) in [5.41, 5.74) is 8.73. The minimum Gasteiger partial charge on any atom is -0.367 e. The van der Waals surface area contributed by atoms with Crippen molar-refractivity contribution in [1.82, 2.24) is 4.98 Å². The highest BCUT2D eigenvalue weighted by atomic mass is 14.7. The number of aromatic amines is 1. The van der Waals surface area contributed by atoms with Crippen LogP contribution in [0.25, 0.3) is 0 Å². The molecular formula is C9H14N2. The Balaban J connectivity index is 2.34. The van der Waals surface area contributed by atoms with Gasteiger partial charge in [-0.3, -0.25) is 0 Å². The van der Waals surface area contributed by atoms with Crippen LogP contribution in [-0.4, -0.2) is 4.98 Å². The van der Waals surface area contributed by atoms with Gasteiger partial charge in [0, 0.05) is 18.4 Å². The Labute approximate surface area is 66.8 Å². The van der Waals surface area contributed by atoms with Crippen molar-refractivity contribution in [1.29, 1.82) is 0 Å². The van der Waals surface area contributed by atoms with E-state index in [9.17, 15) is 0 Å². The lowest BCUT2D eigenvalue weighted by Gasteiger charge is -2.06. The van der Waals surface area contributed by atoms with Crippen molar-refractivity contribution < 1.29 is 0 Å². The molecule has 1 heterocycles. The number of nitrogens with one attached hydrogen (secondary N) is 1. The Hall–Kier alpha value is -0.760. The molecule has 1 aromatic heterocycles. The summed E-state index contributed by atoms with van der Waals surface area (Å²) in [6.07, 6.45) is 9.04. The number of hydrogen-bond donors (Lipinski definition) is 2. The summed E-state index contributed by atoms with van der Waals surface area (Å²) in [5, 5.41) is 0. The van der Waals surface area contributed by atoms with Crippen LogP contribution >= 0.6 is 0 Å². The third-order valence-electron chi connectivity index (χ3n) is 2.48. The summed E-state index contributed by atoms with van der Waals surface area (Å²) in [4.78, 5) is 3.12.